The number of benzene rings is 1. The molecule has 1 aromatic heterocycles. The number of hydrogen-bond acceptors (Lipinski definition) is 3. The molecule has 0 radical (unpaired) electrons. The number of amides is 1. The van der Waals surface area contributed by atoms with Crippen LogP contribution < -0.4 is 10.1 Å². The van der Waals surface area contributed by atoms with Crippen molar-refractivity contribution in [1.29, 1.82) is 0 Å². The maximum absolute atomic E-state index is 12.7. The van der Waals surface area contributed by atoms with Crippen LogP contribution >= 0.6 is 0 Å². The molecule has 1 heterocycles. The second-order valence-corrected chi connectivity index (χ2v) is 6.30. The highest BCUT2D eigenvalue weighted by molar-refractivity contribution is 5.96. The zero-order valence-electron chi connectivity index (χ0n) is 15.4. The van der Waals surface area contributed by atoms with Gasteiger partial charge in [0.2, 0.25) is 0 Å². The standard InChI is InChI=1S/C19H27N3O2/c1-7-22-15(6)18(14(5)21-22)19(23)20-13(4)16-9-8-10-17(11-16)24-12(2)3/h8-13H,7H2,1-6H3,(H,20,23)/t13-/m0/s1. The first-order chi connectivity index (χ1) is 11.3. The molecule has 0 aliphatic carbocycles. The number of aromatic nitrogens is 2. The maximum atomic E-state index is 12.7. The van der Waals surface area contributed by atoms with E-state index in [1.54, 1.807) is 0 Å². The Hall–Kier alpha value is -2.30. The summed E-state index contributed by atoms with van der Waals surface area (Å²) in [6, 6.07) is 7.73. The highest BCUT2D eigenvalue weighted by Crippen LogP contribution is 2.21. The van der Waals surface area contributed by atoms with Gasteiger partial charge in [-0.05, 0) is 59.2 Å². The highest BCUT2D eigenvalue weighted by atomic mass is 16.5. The molecule has 24 heavy (non-hydrogen) atoms. The molecular weight excluding hydrogens is 302 g/mol. The van der Waals surface area contributed by atoms with Crippen molar-refractivity contribution >= 4 is 5.91 Å². The topological polar surface area (TPSA) is 56.2 Å². The average molecular weight is 329 g/mol. The van der Waals surface area contributed by atoms with E-state index in [0.717, 1.165) is 29.2 Å². The van der Waals surface area contributed by atoms with E-state index in [9.17, 15) is 4.79 Å². The molecule has 0 bridgehead atoms. The first-order valence-electron chi connectivity index (χ1n) is 8.45. The molecule has 1 aromatic carbocycles. The minimum Gasteiger partial charge on any atom is -0.491 e. The Balaban J connectivity index is 2.16. The summed E-state index contributed by atoms with van der Waals surface area (Å²) in [6.45, 7) is 12.5. The van der Waals surface area contributed by atoms with Crippen LogP contribution in [0.25, 0.3) is 0 Å². The molecule has 2 rings (SSSR count). The smallest absolute Gasteiger partial charge is 0.255 e. The van der Waals surface area contributed by atoms with Crippen LogP contribution in [0.3, 0.4) is 0 Å². The summed E-state index contributed by atoms with van der Waals surface area (Å²) in [4.78, 5) is 12.7. The minimum atomic E-state index is -0.114. The molecule has 1 N–H and O–H groups in total. The molecule has 0 spiro atoms. The van der Waals surface area contributed by atoms with Crippen LogP contribution in [0.15, 0.2) is 24.3 Å². The maximum Gasteiger partial charge on any atom is 0.255 e. The molecule has 5 nitrogen and oxygen atoms in total. The van der Waals surface area contributed by atoms with Crippen molar-refractivity contribution in [3.63, 3.8) is 0 Å². The lowest BCUT2D eigenvalue weighted by Crippen LogP contribution is -2.27. The molecule has 0 aliphatic heterocycles. The summed E-state index contributed by atoms with van der Waals surface area (Å²) >= 11 is 0. The molecule has 0 unspecified atom stereocenters. The van der Waals surface area contributed by atoms with E-state index >= 15 is 0 Å². The Kier molecular flexibility index (Phi) is 5.65. The summed E-state index contributed by atoms with van der Waals surface area (Å²) in [5, 5.41) is 7.48. The van der Waals surface area contributed by atoms with E-state index in [-0.39, 0.29) is 18.1 Å². The van der Waals surface area contributed by atoms with Crippen LogP contribution in [0.4, 0.5) is 0 Å². The van der Waals surface area contributed by atoms with E-state index in [1.807, 2.05) is 70.5 Å². The summed E-state index contributed by atoms with van der Waals surface area (Å²) in [7, 11) is 0. The molecule has 5 heteroatoms. The highest BCUT2D eigenvalue weighted by Gasteiger charge is 2.20. The van der Waals surface area contributed by atoms with Crippen LogP contribution in [0.1, 0.15) is 61.0 Å². The number of rotatable bonds is 6. The molecule has 0 saturated heterocycles. The van der Waals surface area contributed by atoms with Gasteiger partial charge in [-0.3, -0.25) is 9.48 Å². The third-order valence-corrected chi connectivity index (χ3v) is 3.99. The lowest BCUT2D eigenvalue weighted by Gasteiger charge is -2.17. The van der Waals surface area contributed by atoms with Gasteiger partial charge < -0.3 is 10.1 Å². The van der Waals surface area contributed by atoms with Gasteiger partial charge in [-0.2, -0.15) is 5.10 Å². The molecule has 2 aromatic rings. The van der Waals surface area contributed by atoms with Gasteiger partial charge in [0.05, 0.1) is 23.4 Å². The van der Waals surface area contributed by atoms with Crippen LogP contribution in [0.5, 0.6) is 5.75 Å². The largest absolute Gasteiger partial charge is 0.491 e. The fraction of sp³-hybridized carbons (Fsp3) is 0.474. The van der Waals surface area contributed by atoms with Crippen molar-refractivity contribution in [1.82, 2.24) is 15.1 Å². The Morgan fingerprint density at radius 1 is 1.29 bits per heavy atom. The van der Waals surface area contributed by atoms with Crippen LogP contribution in [-0.4, -0.2) is 21.8 Å². The number of hydrogen-bond donors (Lipinski definition) is 1. The van der Waals surface area contributed by atoms with Gasteiger partial charge in [0.15, 0.2) is 0 Å². The molecule has 0 saturated carbocycles. The van der Waals surface area contributed by atoms with E-state index < -0.39 is 0 Å². The van der Waals surface area contributed by atoms with Gasteiger partial charge in [0.25, 0.3) is 5.91 Å². The number of nitrogens with one attached hydrogen (secondary N) is 1. The fourth-order valence-electron chi connectivity index (χ4n) is 2.81. The van der Waals surface area contributed by atoms with Crippen molar-refractivity contribution in [2.45, 2.75) is 60.2 Å². The van der Waals surface area contributed by atoms with Gasteiger partial charge in [0.1, 0.15) is 5.75 Å². The molecule has 1 atom stereocenters. The Labute approximate surface area is 144 Å². The SMILES string of the molecule is CCn1nc(C)c(C(=O)N[C@@H](C)c2cccc(OC(C)C)c2)c1C. The quantitative estimate of drug-likeness (QED) is 0.877. The molecular formula is C19H27N3O2. The first-order valence-corrected chi connectivity index (χ1v) is 8.45. The van der Waals surface area contributed by atoms with Gasteiger partial charge in [0, 0.05) is 12.2 Å². The number of carbonyl (C=O) groups is 1. The summed E-state index contributed by atoms with van der Waals surface area (Å²) in [5.41, 5.74) is 3.34. The average Bonchev–Trinajstić information content (AvgIpc) is 2.80. The van der Waals surface area contributed by atoms with Crippen molar-refractivity contribution < 1.29 is 9.53 Å². The number of carbonyl (C=O) groups excluding carboxylic acids is 1. The summed E-state index contributed by atoms with van der Waals surface area (Å²) in [5.74, 6) is 0.724. The van der Waals surface area contributed by atoms with Gasteiger partial charge in [-0.25, -0.2) is 0 Å². The van der Waals surface area contributed by atoms with Crippen LogP contribution in [-0.2, 0) is 6.54 Å². The van der Waals surface area contributed by atoms with E-state index in [4.69, 9.17) is 4.74 Å². The number of ether oxygens (including phenoxy) is 1. The molecule has 1 amide bonds. The van der Waals surface area contributed by atoms with Crippen LogP contribution in [0, 0.1) is 13.8 Å². The monoisotopic (exact) mass is 329 g/mol. The van der Waals surface area contributed by atoms with Crippen molar-refractivity contribution in [2.24, 2.45) is 0 Å². The van der Waals surface area contributed by atoms with Crippen LogP contribution in [0.2, 0.25) is 0 Å². The third kappa shape index (κ3) is 3.96. The summed E-state index contributed by atoms with van der Waals surface area (Å²) in [6.07, 6.45) is 0.121. The molecule has 0 aliphatic rings. The zero-order chi connectivity index (χ0) is 17.9. The zero-order valence-corrected chi connectivity index (χ0v) is 15.4. The van der Waals surface area contributed by atoms with Gasteiger partial charge in [-0.1, -0.05) is 12.1 Å². The van der Waals surface area contributed by atoms with Crippen molar-refractivity contribution in [3.8, 4) is 5.75 Å². The Morgan fingerprint density at radius 3 is 2.58 bits per heavy atom. The Morgan fingerprint density at radius 2 is 2.00 bits per heavy atom. The predicted octanol–water partition coefficient (Wildman–Crippen LogP) is 3.80. The van der Waals surface area contributed by atoms with Gasteiger partial charge in [-0.15, -0.1) is 0 Å². The molecule has 0 fully saturated rings. The first kappa shape index (κ1) is 18.0. The van der Waals surface area contributed by atoms with Gasteiger partial charge >= 0.3 is 0 Å². The minimum absolute atomic E-state index is 0.0904. The lowest BCUT2D eigenvalue weighted by atomic mass is 10.1. The van der Waals surface area contributed by atoms with Crippen molar-refractivity contribution in [2.75, 3.05) is 0 Å². The normalized spacial score (nSPS) is 12.3. The fourth-order valence-corrected chi connectivity index (χ4v) is 2.81. The second-order valence-electron chi connectivity index (χ2n) is 6.30. The number of aryl methyl sites for hydroxylation is 2. The van der Waals surface area contributed by atoms with E-state index in [1.165, 1.54) is 0 Å². The Bertz CT molecular complexity index is 719. The van der Waals surface area contributed by atoms with Crippen molar-refractivity contribution in [3.05, 3.63) is 46.8 Å². The lowest BCUT2D eigenvalue weighted by molar-refractivity contribution is 0.0938. The van der Waals surface area contributed by atoms with E-state index in [2.05, 4.69) is 10.4 Å². The van der Waals surface area contributed by atoms with E-state index in [0.29, 0.717) is 5.56 Å². The summed E-state index contributed by atoms with van der Waals surface area (Å²) < 4.78 is 7.58. The number of nitrogens with zero attached hydrogens (tertiary/aromatic N) is 2. The molecule has 130 valence electrons. The predicted molar refractivity (Wildman–Crippen MR) is 95.5 cm³/mol. The third-order valence-electron chi connectivity index (χ3n) is 3.99. The second kappa shape index (κ2) is 7.51.